The van der Waals surface area contributed by atoms with Crippen LogP contribution in [0.5, 0.6) is 11.5 Å². The van der Waals surface area contributed by atoms with Gasteiger partial charge in [0, 0.05) is 80.8 Å². The summed E-state index contributed by atoms with van der Waals surface area (Å²) in [6, 6.07) is 13.1. The fourth-order valence-electron chi connectivity index (χ4n) is 5.14. The van der Waals surface area contributed by atoms with Crippen LogP contribution in [0.15, 0.2) is 47.6 Å². The second-order valence-electron chi connectivity index (χ2n) is 9.87. The van der Waals surface area contributed by atoms with Crippen LogP contribution in [0.2, 0.25) is 0 Å². The van der Waals surface area contributed by atoms with Gasteiger partial charge in [0.25, 0.3) is 0 Å². The Morgan fingerprint density at radius 1 is 1.08 bits per heavy atom. The fourth-order valence-corrected chi connectivity index (χ4v) is 5.14. The minimum absolute atomic E-state index is 0.303. The molecule has 1 fully saturated rings. The highest BCUT2D eigenvalue weighted by Crippen LogP contribution is 2.34. The van der Waals surface area contributed by atoms with Gasteiger partial charge in [0.1, 0.15) is 11.5 Å². The molecule has 0 bridgehead atoms. The van der Waals surface area contributed by atoms with E-state index in [0.29, 0.717) is 17.8 Å². The second-order valence-corrected chi connectivity index (χ2v) is 9.87. The van der Waals surface area contributed by atoms with Crippen LogP contribution in [0.1, 0.15) is 31.9 Å². The lowest BCUT2D eigenvalue weighted by Gasteiger charge is -2.36. The second kappa shape index (κ2) is 12.8. The summed E-state index contributed by atoms with van der Waals surface area (Å²) in [7, 11) is 5.04. The molecular formula is C29H39N7O2. The molecule has 202 valence electrons. The largest absolute Gasteiger partial charge is 0.497 e. The van der Waals surface area contributed by atoms with E-state index in [-0.39, 0.29) is 5.92 Å². The first-order valence-electron chi connectivity index (χ1n) is 13.1. The quantitative estimate of drug-likeness (QED) is 0.366. The number of piperazine rings is 1. The van der Waals surface area contributed by atoms with E-state index >= 15 is 0 Å². The molecule has 0 radical (unpaired) electrons. The average Bonchev–Trinajstić information content (AvgIpc) is 2.92. The summed E-state index contributed by atoms with van der Waals surface area (Å²) < 4.78 is 11.2. The van der Waals surface area contributed by atoms with Gasteiger partial charge in [-0.3, -0.25) is 9.98 Å². The van der Waals surface area contributed by atoms with Gasteiger partial charge in [-0.2, -0.15) is 0 Å². The minimum atomic E-state index is -0.303. The zero-order chi connectivity index (χ0) is 27.1. The van der Waals surface area contributed by atoms with Crippen molar-refractivity contribution in [3.8, 4) is 11.5 Å². The number of hydrogen-bond donors (Lipinski definition) is 2. The van der Waals surface area contributed by atoms with Crippen molar-refractivity contribution in [3.63, 3.8) is 0 Å². The summed E-state index contributed by atoms with van der Waals surface area (Å²) in [6.07, 6.45) is 5.75. The molecule has 9 heteroatoms. The summed E-state index contributed by atoms with van der Waals surface area (Å²) in [5.41, 5.74) is 4.29. The van der Waals surface area contributed by atoms with Crippen molar-refractivity contribution in [1.29, 1.82) is 5.41 Å². The van der Waals surface area contributed by atoms with E-state index in [1.807, 2.05) is 24.3 Å². The lowest BCUT2D eigenvalue weighted by molar-refractivity contribution is 0.173. The van der Waals surface area contributed by atoms with Crippen LogP contribution in [-0.4, -0.2) is 86.8 Å². The number of anilines is 2. The van der Waals surface area contributed by atoms with Crippen molar-refractivity contribution in [3.05, 3.63) is 48.3 Å². The molecule has 3 atom stereocenters. The number of aromatic nitrogens is 2. The molecule has 3 unspecified atom stereocenters. The van der Waals surface area contributed by atoms with Gasteiger partial charge in [0.2, 0.25) is 0 Å². The van der Waals surface area contributed by atoms with Crippen LogP contribution in [0.25, 0.3) is 11.0 Å². The topological polar surface area (TPSA) is 99.0 Å². The van der Waals surface area contributed by atoms with Crippen LogP contribution in [0.4, 0.5) is 11.4 Å². The van der Waals surface area contributed by atoms with Crippen LogP contribution < -0.4 is 19.7 Å². The van der Waals surface area contributed by atoms with Crippen molar-refractivity contribution in [2.45, 2.75) is 38.3 Å². The molecule has 0 amide bonds. The zero-order valence-electron chi connectivity index (χ0n) is 23.0. The molecule has 2 heterocycles. The van der Waals surface area contributed by atoms with Crippen LogP contribution in [0, 0.1) is 5.41 Å². The van der Waals surface area contributed by atoms with Crippen molar-refractivity contribution < 1.29 is 9.47 Å². The number of fused-ring (bicyclic) bond motifs is 1. The zero-order valence-corrected chi connectivity index (χ0v) is 23.0. The maximum absolute atomic E-state index is 7.77. The first-order chi connectivity index (χ1) is 18.4. The molecular weight excluding hydrogens is 478 g/mol. The predicted molar refractivity (Wildman–Crippen MR) is 155 cm³/mol. The van der Waals surface area contributed by atoms with E-state index in [4.69, 9.17) is 19.9 Å². The average molecular weight is 518 g/mol. The Morgan fingerprint density at radius 2 is 1.79 bits per heavy atom. The molecule has 1 saturated heterocycles. The normalized spacial score (nSPS) is 19.0. The Morgan fingerprint density at radius 3 is 2.42 bits per heavy atom. The van der Waals surface area contributed by atoms with Gasteiger partial charge in [-0.1, -0.05) is 0 Å². The van der Waals surface area contributed by atoms with Gasteiger partial charge in [-0.05, 0) is 45.0 Å². The van der Waals surface area contributed by atoms with Gasteiger partial charge in [-0.15, -0.1) is 0 Å². The van der Waals surface area contributed by atoms with Crippen LogP contribution in [0.3, 0.4) is 0 Å². The number of nitrogens with zero attached hydrogens (tertiary/aromatic N) is 5. The monoisotopic (exact) mass is 517 g/mol. The van der Waals surface area contributed by atoms with Gasteiger partial charge in [-0.25, -0.2) is 4.98 Å². The standard InChI is InChI=1S/C29H39N7O2/c1-20-18-35(19-21(2)33-20)9-6-10-36(24-11-25(37-4)14-26(12-24)38-5)23-7-8-27-28(13-23)34-29(17-32-27)22(15-30)16-31-3/h7-8,11-17,20-22,30,33H,6,9-10,18-19H2,1-5H3. The summed E-state index contributed by atoms with van der Waals surface area (Å²) in [6.45, 7) is 8.44. The van der Waals surface area contributed by atoms with E-state index in [1.165, 1.54) is 6.21 Å². The SMILES string of the molecule is CN=CC(C=N)c1cnc2ccc(N(CCCN3CC(C)NC(C)C3)c3cc(OC)cc(OC)c3)cc2n1. The van der Waals surface area contributed by atoms with Crippen molar-refractivity contribution in [2.75, 3.05) is 52.3 Å². The Balaban J connectivity index is 1.67. The lowest BCUT2D eigenvalue weighted by Crippen LogP contribution is -2.54. The number of rotatable bonds is 11. The third kappa shape index (κ3) is 6.65. The van der Waals surface area contributed by atoms with E-state index in [1.54, 1.807) is 33.7 Å². The Bertz CT molecular complexity index is 1230. The maximum Gasteiger partial charge on any atom is 0.124 e. The highest BCUT2D eigenvalue weighted by molar-refractivity contribution is 5.89. The Hall–Kier alpha value is -3.56. The van der Waals surface area contributed by atoms with Crippen molar-refractivity contribution >= 4 is 34.8 Å². The summed E-state index contributed by atoms with van der Waals surface area (Å²) in [4.78, 5) is 18.4. The molecule has 4 rings (SSSR count). The predicted octanol–water partition coefficient (Wildman–Crippen LogP) is 4.29. The van der Waals surface area contributed by atoms with E-state index in [9.17, 15) is 0 Å². The molecule has 1 aromatic heterocycles. The van der Waals surface area contributed by atoms with E-state index in [0.717, 1.165) is 66.5 Å². The van der Waals surface area contributed by atoms with E-state index in [2.05, 4.69) is 51.1 Å². The molecule has 38 heavy (non-hydrogen) atoms. The van der Waals surface area contributed by atoms with Crippen molar-refractivity contribution in [1.82, 2.24) is 20.2 Å². The maximum atomic E-state index is 7.77. The Kier molecular flexibility index (Phi) is 9.25. The number of ether oxygens (including phenoxy) is 2. The smallest absolute Gasteiger partial charge is 0.124 e. The first kappa shape index (κ1) is 27.5. The van der Waals surface area contributed by atoms with Gasteiger partial charge in [0.05, 0.1) is 43.1 Å². The minimum Gasteiger partial charge on any atom is -0.497 e. The molecule has 0 saturated carbocycles. The van der Waals surface area contributed by atoms with Gasteiger partial charge >= 0.3 is 0 Å². The van der Waals surface area contributed by atoms with Crippen LogP contribution >= 0.6 is 0 Å². The molecule has 0 spiro atoms. The molecule has 0 aliphatic carbocycles. The third-order valence-corrected chi connectivity index (χ3v) is 6.82. The molecule has 2 aromatic carbocycles. The molecule has 1 aliphatic rings. The number of nitrogens with one attached hydrogen (secondary N) is 2. The fraction of sp³-hybridized carbons (Fsp3) is 0.448. The van der Waals surface area contributed by atoms with Gasteiger partial charge < -0.3 is 30.0 Å². The molecule has 2 N–H and O–H groups in total. The number of aliphatic imine (C=N–C) groups is 1. The lowest BCUT2D eigenvalue weighted by atomic mass is 10.1. The van der Waals surface area contributed by atoms with Crippen LogP contribution in [-0.2, 0) is 0 Å². The highest BCUT2D eigenvalue weighted by Gasteiger charge is 2.21. The van der Waals surface area contributed by atoms with Crippen molar-refractivity contribution in [2.24, 2.45) is 4.99 Å². The molecule has 1 aliphatic heterocycles. The number of methoxy groups -OCH3 is 2. The van der Waals surface area contributed by atoms with Gasteiger partial charge in [0.15, 0.2) is 0 Å². The summed E-state index contributed by atoms with van der Waals surface area (Å²) in [5, 5.41) is 11.4. The highest BCUT2D eigenvalue weighted by atomic mass is 16.5. The third-order valence-electron chi connectivity index (χ3n) is 6.82. The molecule has 3 aromatic rings. The number of hydrogen-bond acceptors (Lipinski definition) is 9. The first-order valence-corrected chi connectivity index (χ1v) is 13.1. The molecule has 9 nitrogen and oxygen atoms in total. The number of benzene rings is 2. The van der Waals surface area contributed by atoms with E-state index < -0.39 is 0 Å². The summed E-state index contributed by atoms with van der Waals surface area (Å²) >= 11 is 0. The Labute approximate surface area is 225 Å². The summed E-state index contributed by atoms with van der Waals surface area (Å²) in [5.74, 6) is 1.18.